The average Bonchev–Trinajstić information content (AvgIpc) is 2.58. The van der Waals surface area contributed by atoms with E-state index in [9.17, 15) is 14.0 Å². The quantitative estimate of drug-likeness (QED) is 0.786. The molecule has 1 aliphatic rings. The first-order valence-corrected chi connectivity index (χ1v) is 9.02. The van der Waals surface area contributed by atoms with Crippen LogP contribution in [0.15, 0.2) is 18.2 Å². The maximum Gasteiger partial charge on any atom is 0.330 e. The van der Waals surface area contributed by atoms with Gasteiger partial charge >= 0.3 is 5.97 Å². The number of carbonyl (C=O) groups is 2. The zero-order valence-corrected chi connectivity index (χ0v) is 15.9. The number of piperidine rings is 1. The molecule has 26 heavy (non-hydrogen) atoms. The van der Waals surface area contributed by atoms with Gasteiger partial charge in [0.25, 0.3) is 0 Å². The predicted octanol–water partition coefficient (Wildman–Crippen LogP) is 3.35. The highest BCUT2D eigenvalue weighted by molar-refractivity contribution is 6.29. The maximum absolute atomic E-state index is 14.0. The van der Waals surface area contributed by atoms with Gasteiger partial charge in [0.1, 0.15) is 23.6 Å². The topological polar surface area (TPSA) is 67.9 Å². The van der Waals surface area contributed by atoms with Crippen LogP contribution >= 0.6 is 11.6 Å². The van der Waals surface area contributed by atoms with Crippen molar-refractivity contribution in [2.45, 2.75) is 39.7 Å². The molecule has 0 saturated carbocycles. The molecule has 1 aromatic carbocycles. The third-order valence-electron chi connectivity index (χ3n) is 3.86. The van der Waals surface area contributed by atoms with Gasteiger partial charge in [-0.1, -0.05) is 0 Å². The van der Waals surface area contributed by atoms with E-state index in [0.717, 1.165) is 0 Å². The first-order chi connectivity index (χ1) is 12.2. The molecule has 1 heterocycles. The first kappa shape index (κ1) is 20.5. The Balaban J connectivity index is 1.85. The third-order valence-corrected chi connectivity index (χ3v) is 4.11. The zero-order chi connectivity index (χ0) is 19.3. The molecule has 1 amide bonds. The second-order valence-electron chi connectivity index (χ2n) is 7.20. The summed E-state index contributed by atoms with van der Waals surface area (Å²) < 4.78 is 19.8. The summed E-state index contributed by atoms with van der Waals surface area (Å²) in [7, 11) is 0. The molecule has 0 unspecified atom stereocenters. The van der Waals surface area contributed by atoms with E-state index >= 15 is 0 Å². The fourth-order valence-corrected chi connectivity index (χ4v) is 2.41. The number of nitrogens with one attached hydrogen (secondary N) is 1. The molecule has 1 saturated heterocycles. The molecule has 0 atom stereocenters. The zero-order valence-electron chi connectivity index (χ0n) is 15.2. The largest absolute Gasteiger partial charge is 0.490 e. The molecular weight excluding hydrogens is 363 g/mol. The number of nitrogens with zero attached hydrogens (tertiary/aromatic N) is 1. The van der Waals surface area contributed by atoms with E-state index in [2.05, 4.69) is 5.32 Å². The summed E-state index contributed by atoms with van der Waals surface area (Å²) in [5.41, 5.74) is -0.488. The molecule has 1 aromatic rings. The van der Waals surface area contributed by atoms with E-state index in [1.807, 2.05) is 0 Å². The number of anilines is 1. The van der Waals surface area contributed by atoms with Crippen molar-refractivity contribution in [3.05, 3.63) is 24.0 Å². The number of ether oxygens (including phenoxy) is 1. The van der Waals surface area contributed by atoms with Crippen LogP contribution in [0.5, 0.6) is 5.75 Å². The molecule has 1 aliphatic heterocycles. The third kappa shape index (κ3) is 5.85. The minimum absolute atomic E-state index is 0.0620. The summed E-state index contributed by atoms with van der Waals surface area (Å²) in [6.07, 6.45) is 1.22. The Morgan fingerprint density at radius 2 is 1.96 bits per heavy atom. The predicted molar refractivity (Wildman–Crippen MR) is 96.5 cm³/mol. The number of benzene rings is 1. The van der Waals surface area contributed by atoms with Gasteiger partial charge in [-0.25, -0.2) is 9.18 Å². The lowest BCUT2D eigenvalue weighted by Crippen LogP contribution is -2.41. The van der Waals surface area contributed by atoms with E-state index in [-0.39, 0.29) is 23.6 Å². The van der Waals surface area contributed by atoms with Crippen molar-refractivity contribution in [3.8, 4) is 5.75 Å². The van der Waals surface area contributed by atoms with Crippen LogP contribution in [0.4, 0.5) is 10.1 Å². The number of hydrogen-bond donors (Lipinski definition) is 1. The fourth-order valence-electron chi connectivity index (χ4n) is 2.34. The van der Waals surface area contributed by atoms with Gasteiger partial charge in [0.2, 0.25) is 5.91 Å². The highest BCUT2D eigenvalue weighted by Gasteiger charge is 2.29. The highest BCUT2D eigenvalue weighted by Crippen LogP contribution is 2.25. The Morgan fingerprint density at radius 3 is 2.50 bits per heavy atom. The van der Waals surface area contributed by atoms with Gasteiger partial charge in [-0.2, -0.15) is 0 Å². The van der Waals surface area contributed by atoms with E-state index in [1.54, 1.807) is 31.9 Å². The Kier molecular flexibility index (Phi) is 6.83. The van der Waals surface area contributed by atoms with Gasteiger partial charge in [-0.05, 0) is 32.9 Å². The molecule has 2 rings (SSSR count). The molecule has 0 radical (unpaired) electrons. The lowest BCUT2D eigenvalue weighted by Gasteiger charge is -2.32. The van der Waals surface area contributed by atoms with Crippen molar-refractivity contribution >= 4 is 29.2 Å². The Morgan fingerprint density at radius 1 is 1.31 bits per heavy atom. The van der Waals surface area contributed by atoms with Crippen molar-refractivity contribution < 1.29 is 23.6 Å². The molecule has 6 nitrogen and oxygen atoms in total. The van der Waals surface area contributed by atoms with Crippen LogP contribution < -0.4 is 10.1 Å². The highest BCUT2D eigenvalue weighted by atomic mass is 35.5. The van der Waals surface area contributed by atoms with Crippen molar-refractivity contribution in [3.63, 3.8) is 0 Å². The van der Waals surface area contributed by atoms with Crippen molar-refractivity contribution in [2.24, 2.45) is 5.41 Å². The summed E-state index contributed by atoms with van der Waals surface area (Å²) in [5, 5.41) is 4.01. The maximum atomic E-state index is 14.0. The SMILES string of the molecule is CC(C)(C)C(=O)ON1CCC(Oc2ccc(NC(=O)CCl)c(F)c2)CC1. The summed E-state index contributed by atoms with van der Waals surface area (Å²) in [6.45, 7) is 6.52. The van der Waals surface area contributed by atoms with Gasteiger partial charge in [0.15, 0.2) is 0 Å². The smallest absolute Gasteiger partial charge is 0.330 e. The van der Waals surface area contributed by atoms with Gasteiger partial charge in [-0.15, -0.1) is 16.7 Å². The summed E-state index contributed by atoms with van der Waals surface area (Å²) in [4.78, 5) is 28.5. The number of halogens is 2. The lowest BCUT2D eigenvalue weighted by molar-refractivity contribution is -0.207. The van der Waals surface area contributed by atoms with Gasteiger partial charge in [-0.3, -0.25) is 4.79 Å². The van der Waals surface area contributed by atoms with Gasteiger partial charge in [0.05, 0.1) is 11.1 Å². The number of alkyl halides is 1. The van der Waals surface area contributed by atoms with Crippen molar-refractivity contribution in [2.75, 3.05) is 24.3 Å². The van der Waals surface area contributed by atoms with E-state index in [0.29, 0.717) is 31.7 Å². The summed E-state index contributed by atoms with van der Waals surface area (Å²) in [6, 6.07) is 4.27. The van der Waals surface area contributed by atoms with Gasteiger partial charge in [0, 0.05) is 32.0 Å². The summed E-state index contributed by atoms with van der Waals surface area (Å²) >= 11 is 5.39. The Labute approximate surface area is 157 Å². The first-order valence-electron chi connectivity index (χ1n) is 8.48. The minimum Gasteiger partial charge on any atom is -0.490 e. The molecule has 1 fully saturated rings. The van der Waals surface area contributed by atoms with E-state index < -0.39 is 17.1 Å². The Bertz CT molecular complexity index is 655. The number of hydrogen-bond acceptors (Lipinski definition) is 5. The van der Waals surface area contributed by atoms with Crippen LogP contribution in [0.2, 0.25) is 0 Å². The molecule has 144 valence electrons. The van der Waals surface area contributed by atoms with E-state index in [4.69, 9.17) is 21.2 Å². The van der Waals surface area contributed by atoms with Crippen LogP contribution in [0, 0.1) is 11.2 Å². The molecular formula is C18H24ClFN2O4. The second-order valence-corrected chi connectivity index (χ2v) is 7.47. The van der Waals surface area contributed by atoms with Crippen LogP contribution in [0.1, 0.15) is 33.6 Å². The number of carbonyl (C=O) groups excluding carboxylic acids is 2. The van der Waals surface area contributed by atoms with Crippen LogP contribution in [-0.2, 0) is 14.4 Å². The normalized spacial score (nSPS) is 16.2. The average molecular weight is 387 g/mol. The van der Waals surface area contributed by atoms with Gasteiger partial charge < -0.3 is 14.9 Å². The Hall–Kier alpha value is -1.86. The van der Waals surface area contributed by atoms with E-state index in [1.165, 1.54) is 12.1 Å². The molecule has 8 heteroatoms. The standard InChI is InChI=1S/C18H24ClFN2O4/c1-18(2,3)17(24)26-22-8-6-12(7-9-22)25-13-4-5-15(14(20)10-13)21-16(23)11-19/h4-5,10,12H,6-9,11H2,1-3H3,(H,21,23). The lowest BCUT2D eigenvalue weighted by atomic mass is 9.98. The summed E-state index contributed by atoms with van der Waals surface area (Å²) in [5.74, 6) is -1.19. The molecule has 0 aliphatic carbocycles. The fraction of sp³-hybridized carbons (Fsp3) is 0.556. The van der Waals surface area contributed by atoms with Crippen LogP contribution in [-0.4, -0.2) is 42.0 Å². The minimum atomic E-state index is -0.586. The molecule has 0 bridgehead atoms. The van der Waals surface area contributed by atoms with Crippen molar-refractivity contribution in [1.29, 1.82) is 0 Å². The molecule has 1 N–H and O–H groups in total. The van der Waals surface area contributed by atoms with Crippen molar-refractivity contribution in [1.82, 2.24) is 5.06 Å². The van der Waals surface area contributed by atoms with Crippen LogP contribution in [0.3, 0.4) is 0 Å². The number of hydroxylamine groups is 2. The number of amides is 1. The molecule has 0 aromatic heterocycles. The second kappa shape index (κ2) is 8.68. The monoisotopic (exact) mass is 386 g/mol. The van der Waals surface area contributed by atoms with Crippen LogP contribution in [0.25, 0.3) is 0 Å². The molecule has 0 spiro atoms. The number of rotatable bonds is 5.